The van der Waals surface area contributed by atoms with Gasteiger partial charge in [-0.3, -0.25) is 9.59 Å². The number of quaternary nitrogens is 2. The first-order chi connectivity index (χ1) is 14.5. The minimum atomic E-state index is -0.227. The Morgan fingerprint density at radius 3 is 2.17 bits per heavy atom. The SMILES string of the molecule is O=C1C[C@@H]([NH+]2CC[NH+](C34CC5CC(CC(C5)C3)C4)CC2)C(=O)N1c1cccc(Cl)c1. The van der Waals surface area contributed by atoms with Crippen LogP contribution in [-0.4, -0.2) is 49.6 Å². The number of hydrogen-bond donors (Lipinski definition) is 2. The van der Waals surface area contributed by atoms with E-state index >= 15 is 0 Å². The van der Waals surface area contributed by atoms with Gasteiger partial charge in [-0.2, -0.15) is 0 Å². The molecule has 6 aliphatic rings. The van der Waals surface area contributed by atoms with Crippen molar-refractivity contribution >= 4 is 29.1 Å². The molecule has 160 valence electrons. The third kappa shape index (κ3) is 3.04. The summed E-state index contributed by atoms with van der Waals surface area (Å²) in [7, 11) is 0. The zero-order valence-electron chi connectivity index (χ0n) is 17.5. The fourth-order valence-corrected chi connectivity index (χ4v) is 8.32. The van der Waals surface area contributed by atoms with Crippen LogP contribution in [0, 0.1) is 17.8 Å². The first kappa shape index (κ1) is 19.3. The fraction of sp³-hybridized carbons (Fsp3) is 0.667. The van der Waals surface area contributed by atoms with E-state index in [0.29, 0.717) is 22.7 Å². The molecule has 4 aliphatic carbocycles. The van der Waals surface area contributed by atoms with Gasteiger partial charge in [-0.25, -0.2) is 4.90 Å². The molecule has 0 spiro atoms. The Labute approximate surface area is 183 Å². The molecule has 6 heteroatoms. The maximum absolute atomic E-state index is 13.2. The van der Waals surface area contributed by atoms with Crippen molar-refractivity contribution in [1.29, 1.82) is 0 Å². The molecular weight excluding hydrogens is 398 g/mol. The van der Waals surface area contributed by atoms with Crippen molar-refractivity contribution in [2.24, 2.45) is 17.8 Å². The molecule has 0 radical (unpaired) electrons. The van der Waals surface area contributed by atoms with E-state index in [1.165, 1.54) is 48.3 Å². The second kappa shape index (κ2) is 7.04. The Hall–Kier alpha value is -1.43. The predicted molar refractivity (Wildman–Crippen MR) is 115 cm³/mol. The number of carbonyl (C=O) groups excluding carboxylic acids is 2. The number of hydrogen-bond acceptors (Lipinski definition) is 2. The second-order valence-electron chi connectivity index (χ2n) is 10.8. The largest absolute Gasteiger partial charge is 0.321 e. The molecule has 2 aliphatic heterocycles. The Kier molecular flexibility index (Phi) is 4.52. The van der Waals surface area contributed by atoms with Gasteiger partial charge in [0.25, 0.3) is 5.91 Å². The van der Waals surface area contributed by atoms with Crippen molar-refractivity contribution in [2.45, 2.75) is 56.5 Å². The number of benzene rings is 1. The summed E-state index contributed by atoms with van der Waals surface area (Å²) in [5.74, 6) is 2.81. The Morgan fingerprint density at radius 2 is 1.57 bits per heavy atom. The summed E-state index contributed by atoms with van der Waals surface area (Å²) in [4.78, 5) is 30.3. The maximum atomic E-state index is 13.2. The average molecular weight is 430 g/mol. The van der Waals surface area contributed by atoms with E-state index in [0.717, 1.165) is 43.9 Å². The molecule has 2 amide bonds. The van der Waals surface area contributed by atoms with Crippen LogP contribution in [0.15, 0.2) is 24.3 Å². The number of nitrogens with zero attached hydrogens (tertiary/aromatic N) is 1. The highest BCUT2D eigenvalue weighted by molar-refractivity contribution is 6.31. The lowest BCUT2D eigenvalue weighted by Crippen LogP contribution is -3.33. The lowest BCUT2D eigenvalue weighted by molar-refractivity contribution is -1.05. The molecular formula is C24H32ClN3O2+2. The van der Waals surface area contributed by atoms with E-state index in [4.69, 9.17) is 11.6 Å². The minimum Gasteiger partial charge on any atom is -0.321 e. The van der Waals surface area contributed by atoms with E-state index in [2.05, 4.69) is 0 Å². The molecule has 2 N–H and O–H groups in total. The number of carbonyl (C=O) groups is 2. The van der Waals surface area contributed by atoms with Gasteiger partial charge in [0.2, 0.25) is 5.91 Å². The predicted octanol–water partition coefficient (Wildman–Crippen LogP) is 0.724. The van der Waals surface area contributed by atoms with Crippen LogP contribution in [0.1, 0.15) is 44.9 Å². The summed E-state index contributed by atoms with van der Waals surface area (Å²) in [6, 6.07) is 6.85. The van der Waals surface area contributed by atoms with Gasteiger partial charge < -0.3 is 9.80 Å². The molecule has 1 aromatic rings. The molecule has 0 aromatic heterocycles. The lowest BCUT2D eigenvalue weighted by atomic mass is 9.52. The van der Waals surface area contributed by atoms with E-state index in [9.17, 15) is 9.59 Å². The number of halogens is 1. The van der Waals surface area contributed by atoms with Gasteiger partial charge in [0.1, 0.15) is 26.2 Å². The van der Waals surface area contributed by atoms with Crippen molar-refractivity contribution < 1.29 is 19.4 Å². The summed E-state index contributed by atoms with van der Waals surface area (Å²) in [5, 5.41) is 0.552. The van der Waals surface area contributed by atoms with Gasteiger partial charge in [-0.05, 0) is 55.2 Å². The maximum Gasteiger partial charge on any atom is 0.292 e. The van der Waals surface area contributed by atoms with Crippen LogP contribution < -0.4 is 14.7 Å². The third-order valence-electron chi connectivity index (χ3n) is 8.99. The molecule has 4 bridgehead atoms. The molecule has 0 unspecified atom stereocenters. The number of rotatable bonds is 3. The summed E-state index contributed by atoms with van der Waals surface area (Å²) >= 11 is 6.09. The van der Waals surface area contributed by atoms with Crippen LogP contribution in [0.3, 0.4) is 0 Å². The van der Waals surface area contributed by atoms with Gasteiger partial charge in [-0.1, -0.05) is 17.7 Å². The molecule has 2 saturated heterocycles. The highest BCUT2D eigenvalue weighted by Crippen LogP contribution is 2.54. The number of anilines is 1. The van der Waals surface area contributed by atoms with Gasteiger partial charge in [0, 0.05) is 24.3 Å². The van der Waals surface area contributed by atoms with E-state index in [1.54, 1.807) is 24.3 Å². The molecule has 1 atom stereocenters. The Morgan fingerprint density at radius 1 is 0.933 bits per heavy atom. The molecule has 2 heterocycles. The van der Waals surface area contributed by atoms with Crippen LogP contribution in [0.2, 0.25) is 5.02 Å². The first-order valence-corrected chi connectivity index (χ1v) is 12.2. The molecule has 7 rings (SSSR count). The van der Waals surface area contributed by atoms with Crippen LogP contribution >= 0.6 is 11.6 Å². The number of piperazine rings is 1. The molecule has 5 nitrogen and oxygen atoms in total. The zero-order chi connectivity index (χ0) is 20.5. The molecule has 4 saturated carbocycles. The Balaban J connectivity index is 1.14. The summed E-state index contributed by atoms with van der Waals surface area (Å²) in [6.07, 6.45) is 9.10. The first-order valence-electron chi connectivity index (χ1n) is 11.8. The number of amides is 2. The summed E-state index contributed by atoms with van der Waals surface area (Å²) in [6.45, 7) is 4.31. The van der Waals surface area contributed by atoms with Crippen molar-refractivity contribution in [2.75, 3.05) is 31.1 Å². The number of imide groups is 1. The second-order valence-corrected chi connectivity index (χ2v) is 11.2. The van der Waals surface area contributed by atoms with Gasteiger partial charge in [-0.15, -0.1) is 0 Å². The van der Waals surface area contributed by atoms with Crippen LogP contribution in [0.4, 0.5) is 5.69 Å². The van der Waals surface area contributed by atoms with E-state index < -0.39 is 0 Å². The van der Waals surface area contributed by atoms with Crippen LogP contribution in [0.5, 0.6) is 0 Å². The van der Waals surface area contributed by atoms with Crippen molar-refractivity contribution in [1.82, 2.24) is 0 Å². The normalized spacial score (nSPS) is 42.9. The van der Waals surface area contributed by atoms with Gasteiger partial charge in [0.15, 0.2) is 6.04 Å². The standard InChI is InChI=1S/C24H30ClN3O2/c25-19-2-1-3-20(11-19)28-22(29)12-21(23(28)30)26-4-6-27(7-5-26)24-13-16-8-17(14-24)10-18(9-16)15-24/h1-3,11,16-18,21H,4-10,12-15H2/p+2/t16?,17?,18?,21-,24?/m1/s1. The van der Waals surface area contributed by atoms with Crippen LogP contribution in [-0.2, 0) is 9.59 Å². The number of nitrogens with one attached hydrogen (secondary N) is 2. The van der Waals surface area contributed by atoms with E-state index in [-0.39, 0.29) is 17.9 Å². The van der Waals surface area contributed by atoms with Crippen molar-refractivity contribution in [3.63, 3.8) is 0 Å². The minimum absolute atomic E-state index is 0.0458. The molecule has 30 heavy (non-hydrogen) atoms. The monoisotopic (exact) mass is 429 g/mol. The quantitative estimate of drug-likeness (QED) is 0.696. The smallest absolute Gasteiger partial charge is 0.292 e. The molecule has 6 fully saturated rings. The Bertz CT molecular complexity index is 844. The van der Waals surface area contributed by atoms with Crippen molar-refractivity contribution in [3.8, 4) is 0 Å². The van der Waals surface area contributed by atoms with Crippen LogP contribution in [0.25, 0.3) is 0 Å². The topological polar surface area (TPSA) is 46.3 Å². The zero-order valence-corrected chi connectivity index (χ0v) is 18.3. The van der Waals surface area contributed by atoms with Gasteiger partial charge >= 0.3 is 0 Å². The highest BCUT2D eigenvalue weighted by atomic mass is 35.5. The third-order valence-corrected chi connectivity index (χ3v) is 9.22. The average Bonchev–Trinajstić information content (AvgIpc) is 3.01. The highest BCUT2D eigenvalue weighted by Gasteiger charge is 2.57. The molecule has 1 aromatic carbocycles. The van der Waals surface area contributed by atoms with Crippen molar-refractivity contribution in [3.05, 3.63) is 29.3 Å². The van der Waals surface area contributed by atoms with Gasteiger partial charge in [0.05, 0.1) is 17.6 Å². The lowest BCUT2D eigenvalue weighted by Gasteiger charge is -2.58. The summed E-state index contributed by atoms with van der Waals surface area (Å²) < 4.78 is 0. The fourth-order valence-electron chi connectivity index (χ4n) is 8.13. The van der Waals surface area contributed by atoms with E-state index in [1.807, 2.05) is 4.90 Å². The summed E-state index contributed by atoms with van der Waals surface area (Å²) in [5.41, 5.74) is 1.14.